The van der Waals surface area contributed by atoms with Gasteiger partial charge in [-0.1, -0.05) is 49.4 Å². The maximum Gasteiger partial charge on any atom is 0.337 e. The van der Waals surface area contributed by atoms with E-state index >= 15 is 0 Å². The SMILES string of the molecule is COC(=O)c1ccc(C(C)c2ccccc2)cc1. The highest BCUT2D eigenvalue weighted by Crippen LogP contribution is 2.23. The third-order valence-corrected chi connectivity index (χ3v) is 3.13. The first-order valence-electron chi connectivity index (χ1n) is 5.95. The number of carbonyl (C=O) groups is 1. The molecule has 1 unspecified atom stereocenters. The smallest absolute Gasteiger partial charge is 0.337 e. The van der Waals surface area contributed by atoms with E-state index < -0.39 is 0 Å². The molecule has 2 aromatic carbocycles. The molecule has 0 aliphatic rings. The number of carbonyl (C=O) groups excluding carboxylic acids is 1. The Balaban J connectivity index is 2.22. The Morgan fingerprint density at radius 1 is 0.944 bits per heavy atom. The van der Waals surface area contributed by atoms with Gasteiger partial charge in [0.1, 0.15) is 0 Å². The van der Waals surface area contributed by atoms with E-state index in [9.17, 15) is 4.79 Å². The largest absolute Gasteiger partial charge is 0.465 e. The summed E-state index contributed by atoms with van der Waals surface area (Å²) in [5.41, 5.74) is 3.04. The molecule has 0 spiro atoms. The van der Waals surface area contributed by atoms with Gasteiger partial charge in [-0.2, -0.15) is 0 Å². The molecule has 0 aliphatic carbocycles. The van der Waals surface area contributed by atoms with Gasteiger partial charge in [-0.05, 0) is 23.3 Å². The number of benzene rings is 2. The Bertz CT molecular complexity index is 515. The molecular weight excluding hydrogens is 224 g/mol. The average molecular weight is 240 g/mol. The lowest BCUT2D eigenvalue weighted by Crippen LogP contribution is -2.02. The van der Waals surface area contributed by atoms with Gasteiger partial charge >= 0.3 is 5.97 Å². The maximum absolute atomic E-state index is 11.3. The third kappa shape index (κ3) is 2.59. The van der Waals surface area contributed by atoms with Gasteiger partial charge in [0.15, 0.2) is 0 Å². The summed E-state index contributed by atoms with van der Waals surface area (Å²) in [6.45, 7) is 2.16. The Labute approximate surface area is 107 Å². The van der Waals surface area contributed by atoms with Crippen LogP contribution >= 0.6 is 0 Å². The summed E-state index contributed by atoms with van der Waals surface area (Å²) in [5, 5.41) is 0. The number of rotatable bonds is 3. The predicted octanol–water partition coefficient (Wildman–Crippen LogP) is 3.63. The fraction of sp³-hybridized carbons (Fsp3) is 0.188. The molecule has 2 nitrogen and oxygen atoms in total. The van der Waals surface area contributed by atoms with Crippen LogP contribution in [-0.4, -0.2) is 13.1 Å². The second-order valence-corrected chi connectivity index (χ2v) is 4.25. The molecule has 18 heavy (non-hydrogen) atoms. The first-order valence-corrected chi connectivity index (χ1v) is 5.95. The minimum absolute atomic E-state index is 0.297. The second-order valence-electron chi connectivity index (χ2n) is 4.25. The van der Waals surface area contributed by atoms with Crippen molar-refractivity contribution in [3.63, 3.8) is 0 Å². The average Bonchev–Trinajstić information content (AvgIpc) is 2.47. The fourth-order valence-electron chi connectivity index (χ4n) is 1.96. The lowest BCUT2D eigenvalue weighted by atomic mass is 9.93. The van der Waals surface area contributed by atoms with Crippen molar-refractivity contribution in [3.8, 4) is 0 Å². The van der Waals surface area contributed by atoms with Crippen molar-refractivity contribution in [1.82, 2.24) is 0 Å². The zero-order valence-corrected chi connectivity index (χ0v) is 10.6. The molecule has 0 amide bonds. The normalized spacial score (nSPS) is 11.9. The van der Waals surface area contributed by atoms with Crippen LogP contribution in [0, 0.1) is 0 Å². The lowest BCUT2D eigenvalue weighted by molar-refractivity contribution is 0.0600. The van der Waals surface area contributed by atoms with Crippen molar-refractivity contribution in [3.05, 3.63) is 71.3 Å². The second kappa shape index (κ2) is 5.50. The topological polar surface area (TPSA) is 26.3 Å². The molecule has 2 rings (SSSR count). The standard InChI is InChI=1S/C16H16O2/c1-12(13-6-4-3-5-7-13)14-8-10-15(11-9-14)16(17)18-2/h3-12H,1-2H3. The minimum Gasteiger partial charge on any atom is -0.465 e. The first-order chi connectivity index (χ1) is 8.72. The Morgan fingerprint density at radius 2 is 1.50 bits per heavy atom. The van der Waals surface area contributed by atoms with Gasteiger partial charge in [-0.15, -0.1) is 0 Å². The van der Waals surface area contributed by atoms with E-state index in [1.165, 1.54) is 18.2 Å². The van der Waals surface area contributed by atoms with Gasteiger partial charge in [-0.3, -0.25) is 0 Å². The van der Waals surface area contributed by atoms with Crippen molar-refractivity contribution >= 4 is 5.97 Å². The van der Waals surface area contributed by atoms with Crippen molar-refractivity contribution in [2.75, 3.05) is 7.11 Å². The van der Waals surface area contributed by atoms with Crippen LogP contribution < -0.4 is 0 Å². The highest BCUT2D eigenvalue weighted by Gasteiger charge is 2.09. The quantitative estimate of drug-likeness (QED) is 0.766. The monoisotopic (exact) mass is 240 g/mol. The highest BCUT2D eigenvalue weighted by molar-refractivity contribution is 5.89. The molecule has 1 atom stereocenters. The summed E-state index contributed by atoms with van der Waals surface area (Å²) < 4.78 is 4.68. The van der Waals surface area contributed by atoms with E-state index in [-0.39, 0.29) is 5.97 Å². The Hall–Kier alpha value is -2.09. The minimum atomic E-state index is -0.297. The van der Waals surface area contributed by atoms with Crippen molar-refractivity contribution < 1.29 is 9.53 Å². The fourth-order valence-corrected chi connectivity index (χ4v) is 1.96. The molecule has 0 heterocycles. The molecule has 2 heteroatoms. The van der Waals surface area contributed by atoms with Crippen LogP contribution in [0.5, 0.6) is 0 Å². The van der Waals surface area contributed by atoms with Crippen LogP contribution in [0.3, 0.4) is 0 Å². The number of hydrogen-bond donors (Lipinski definition) is 0. The summed E-state index contributed by atoms with van der Waals surface area (Å²) in [5.74, 6) is 0.0202. The molecule has 0 saturated carbocycles. The molecular formula is C16H16O2. The van der Waals surface area contributed by atoms with Crippen molar-refractivity contribution in [2.45, 2.75) is 12.8 Å². The summed E-state index contributed by atoms with van der Waals surface area (Å²) in [7, 11) is 1.39. The molecule has 0 bridgehead atoms. The van der Waals surface area contributed by atoms with Gasteiger partial charge in [-0.25, -0.2) is 4.79 Å². The van der Waals surface area contributed by atoms with Gasteiger partial charge in [0.25, 0.3) is 0 Å². The van der Waals surface area contributed by atoms with Crippen molar-refractivity contribution in [2.24, 2.45) is 0 Å². The van der Waals surface area contributed by atoms with Crippen LogP contribution in [0.15, 0.2) is 54.6 Å². The van der Waals surface area contributed by atoms with E-state index in [4.69, 9.17) is 0 Å². The van der Waals surface area contributed by atoms with Gasteiger partial charge in [0.2, 0.25) is 0 Å². The zero-order chi connectivity index (χ0) is 13.0. The number of methoxy groups -OCH3 is 1. The summed E-state index contributed by atoms with van der Waals surface area (Å²) in [4.78, 5) is 11.3. The first kappa shape index (κ1) is 12.4. The molecule has 92 valence electrons. The van der Waals surface area contributed by atoms with Crippen molar-refractivity contribution in [1.29, 1.82) is 0 Å². The van der Waals surface area contributed by atoms with E-state index in [0.29, 0.717) is 11.5 Å². The lowest BCUT2D eigenvalue weighted by Gasteiger charge is -2.12. The van der Waals surface area contributed by atoms with E-state index in [0.717, 1.165) is 0 Å². The number of hydrogen-bond acceptors (Lipinski definition) is 2. The maximum atomic E-state index is 11.3. The molecule has 0 N–H and O–H groups in total. The number of esters is 1. The molecule has 0 saturated heterocycles. The van der Waals surface area contributed by atoms with Gasteiger partial charge in [0, 0.05) is 5.92 Å². The molecule has 0 aromatic heterocycles. The van der Waals surface area contributed by atoms with Gasteiger partial charge in [0.05, 0.1) is 12.7 Å². The summed E-state index contributed by atoms with van der Waals surface area (Å²) >= 11 is 0. The molecule has 2 aromatic rings. The summed E-state index contributed by atoms with van der Waals surface area (Å²) in [6, 6.07) is 17.9. The van der Waals surface area contributed by atoms with E-state index in [1.54, 1.807) is 12.1 Å². The molecule has 0 aliphatic heterocycles. The Kier molecular flexibility index (Phi) is 3.78. The van der Waals surface area contributed by atoms with E-state index in [2.05, 4.69) is 23.8 Å². The summed E-state index contributed by atoms with van der Waals surface area (Å²) in [6.07, 6.45) is 0. The number of ether oxygens (including phenoxy) is 1. The van der Waals surface area contributed by atoms with Gasteiger partial charge < -0.3 is 4.74 Å². The predicted molar refractivity (Wildman–Crippen MR) is 71.7 cm³/mol. The van der Waals surface area contributed by atoms with Crippen LogP contribution in [0.4, 0.5) is 0 Å². The van der Waals surface area contributed by atoms with Crippen LogP contribution in [-0.2, 0) is 4.74 Å². The third-order valence-electron chi connectivity index (χ3n) is 3.13. The Morgan fingerprint density at radius 3 is 2.06 bits per heavy atom. The van der Waals surface area contributed by atoms with Crippen LogP contribution in [0.25, 0.3) is 0 Å². The van der Waals surface area contributed by atoms with Crippen LogP contribution in [0.1, 0.15) is 34.3 Å². The van der Waals surface area contributed by atoms with E-state index in [1.807, 2.05) is 30.3 Å². The zero-order valence-electron chi connectivity index (χ0n) is 10.6. The molecule has 0 fully saturated rings. The highest BCUT2D eigenvalue weighted by atomic mass is 16.5. The molecule has 0 radical (unpaired) electrons. The van der Waals surface area contributed by atoms with Crippen LogP contribution in [0.2, 0.25) is 0 Å².